The predicted octanol–water partition coefficient (Wildman–Crippen LogP) is 5.72. The molecule has 0 N–H and O–H groups in total. The van der Waals surface area contributed by atoms with Gasteiger partial charge in [-0.1, -0.05) is 89.7 Å². The minimum Gasteiger partial charge on any atom is -0.393 e. The van der Waals surface area contributed by atoms with Crippen LogP contribution in [0.5, 0.6) is 0 Å². The molecule has 0 aromatic carbocycles. The largest absolute Gasteiger partial charge is 0.393 e. The molecule has 1 saturated heterocycles. The maximum absolute atomic E-state index is 11.3. The lowest BCUT2D eigenvalue weighted by atomic mass is 10.0. The van der Waals surface area contributed by atoms with E-state index in [9.17, 15) is 9.59 Å². The number of hydrogen-bond donors (Lipinski definition) is 0. The summed E-state index contributed by atoms with van der Waals surface area (Å²) in [5, 5.41) is 0. The Hall–Kier alpha value is -1.12. The summed E-state index contributed by atoms with van der Waals surface area (Å²) < 4.78 is 4.51. The molecule has 1 rings (SSSR count). The zero-order chi connectivity index (χ0) is 16.8. The van der Waals surface area contributed by atoms with Gasteiger partial charge in [-0.2, -0.15) is 0 Å². The van der Waals surface area contributed by atoms with Gasteiger partial charge in [-0.3, -0.25) is 9.59 Å². The molecule has 3 nitrogen and oxygen atoms in total. The molecule has 0 saturated carbocycles. The van der Waals surface area contributed by atoms with E-state index in [-0.39, 0.29) is 18.3 Å². The van der Waals surface area contributed by atoms with E-state index in [0.717, 1.165) is 6.42 Å². The van der Waals surface area contributed by atoms with Crippen molar-refractivity contribution >= 4 is 11.9 Å². The molecule has 23 heavy (non-hydrogen) atoms. The normalized spacial score (nSPS) is 18.0. The second-order valence-corrected chi connectivity index (χ2v) is 6.71. The summed E-state index contributed by atoms with van der Waals surface area (Å²) in [5.74, 6) is -1.12. The van der Waals surface area contributed by atoms with Crippen molar-refractivity contribution < 1.29 is 14.3 Å². The van der Waals surface area contributed by atoms with Crippen molar-refractivity contribution in [3.8, 4) is 0 Å². The highest BCUT2D eigenvalue weighted by atomic mass is 16.6. The molecule has 1 heterocycles. The molecule has 1 aliphatic heterocycles. The van der Waals surface area contributed by atoms with E-state index < -0.39 is 5.97 Å². The highest BCUT2D eigenvalue weighted by Gasteiger charge is 2.30. The number of allylic oxidation sites excluding steroid dienone is 1. The van der Waals surface area contributed by atoms with Gasteiger partial charge in [0, 0.05) is 0 Å². The van der Waals surface area contributed by atoms with Gasteiger partial charge in [0.1, 0.15) is 0 Å². The summed E-state index contributed by atoms with van der Waals surface area (Å²) in [7, 11) is 0. The first-order valence-electron chi connectivity index (χ1n) is 9.65. The molecule has 3 heteroatoms. The third-order valence-corrected chi connectivity index (χ3v) is 4.50. The zero-order valence-corrected chi connectivity index (χ0v) is 14.9. The van der Waals surface area contributed by atoms with Gasteiger partial charge in [0.25, 0.3) is 0 Å². The second-order valence-electron chi connectivity index (χ2n) is 6.71. The van der Waals surface area contributed by atoms with Crippen LogP contribution in [-0.4, -0.2) is 11.9 Å². The average Bonchev–Trinajstić information content (AvgIpc) is 2.85. The number of unbranched alkanes of at least 4 members (excludes halogenated alkanes) is 12. The van der Waals surface area contributed by atoms with Crippen LogP contribution in [0.25, 0.3) is 0 Å². The van der Waals surface area contributed by atoms with E-state index >= 15 is 0 Å². The maximum atomic E-state index is 11.3. The van der Waals surface area contributed by atoms with E-state index in [0.29, 0.717) is 0 Å². The Morgan fingerprint density at radius 3 is 1.87 bits per heavy atom. The van der Waals surface area contributed by atoms with Crippen LogP contribution in [0.15, 0.2) is 12.2 Å². The fraction of sp³-hybridized carbons (Fsp3) is 0.800. The Balaban J connectivity index is 1.81. The van der Waals surface area contributed by atoms with Gasteiger partial charge in [0.05, 0.1) is 12.3 Å². The van der Waals surface area contributed by atoms with Crippen LogP contribution in [0.4, 0.5) is 0 Å². The van der Waals surface area contributed by atoms with Crippen molar-refractivity contribution in [1.29, 1.82) is 0 Å². The lowest BCUT2D eigenvalue weighted by molar-refractivity contribution is -0.152. The van der Waals surface area contributed by atoms with Crippen molar-refractivity contribution in [3.05, 3.63) is 12.2 Å². The van der Waals surface area contributed by atoms with Crippen LogP contribution in [0.3, 0.4) is 0 Å². The first kappa shape index (κ1) is 19.9. The summed E-state index contributed by atoms with van der Waals surface area (Å²) in [6, 6.07) is 0. The van der Waals surface area contributed by atoms with Crippen molar-refractivity contribution in [2.24, 2.45) is 5.92 Å². The molecule has 1 atom stereocenters. The highest BCUT2D eigenvalue weighted by molar-refractivity contribution is 5.95. The number of carbonyl (C=O) groups excluding carboxylic acids is 2. The van der Waals surface area contributed by atoms with Crippen molar-refractivity contribution in [1.82, 2.24) is 0 Å². The minimum atomic E-state index is -0.394. The van der Waals surface area contributed by atoms with Gasteiger partial charge in [-0.25, -0.2) is 0 Å². The Morgan fingerprint density at radius 2 is 1.39 bits per heavy atom. The highest BCUT2D eigenvalue weighted by Crippen LogP contribution is 2.18. The van der Waals surface area contributed by atoms with E-state index in [1.165, 1.54) is 77.0 Å². The van der Waals surface area contributed by atoms with E-state index in [1.54, 1.807) is 0 Å². The topological polar surface area (TPSA) is 43.4 Å². The lowest BCUT2D eigenvalue weighted by Crippen LogP contribution is -2.03. The number of carbonyl (C=O) groups is 2. The fourth-order valence-electron chi connectivity index (χ4n) is 3.00. The molecule has 1 fully saturated rings. The predicted molar refractivity (Wildman–Crippen MR) is 94.0 cm³/mol. The zero-order valence-electron chi connectivity index (χ0n) is 14.9. The summed E-state index contributed by atoms with van der Waals surface area (Å²) in [6.45, 7) is 2.26. The van der Waals surface area contributed by atoms with Gasteiger partial charge in [0.2, 0.25) is 0 Å². The summed E-state index contributed by atoms with van der Waals surface area (Å²) >= 11 is 0. The number of hydrogen-bond acceptors (Lipinski definition) is 3. The minimum absolute atomic E-state index is 0.216. The molecule has 0 unspecified atom stereocenters. The SMILES string of the molecule is CCCCCCCCCCCCCC/C=C\[C@@H]1CC(=O)OC1=O. The third kappa shape index (κ3) is 10.3. The van der Waals surface area contributed by atoms with Gasteiger partial charge >= 0.3 is 11.9 Å². The number of ether oxygens (including phenoxy) is 1. The average molecular weight is 322 g/mol. The molecule has 0 aliphatic carbocycles. The van der Waals surface area contributed by atoms with Gasteiger partial charge in [-0.05, 0) is 12.8 Å². The Labute approximate surface area is 141 Å². The van der Waals surface area contributed by atoms with Crippen molar-refractivity contribution in [2.75, 3.05) is 0 Å². The smallest absolute Gasteiger partial charge is 0.321 e. The quantitative estimate of drug-likeness (QED) is 0.178. The van der Waals surface area contributed by atoms with Crippen LogP contribution in [-0.2, 0) is 14.3 Å². The van der Waals surface area contributed by atoms with Crippen molar-refractivity contribution in [2.45, 2.75) is 96.8 Å². The molecule has 132 valence electrons. The van der Waals surface area contributed by atoms with Crippen molar-refractivity contribution in [3.63, 3.8) is 0 Å². The number of cyclic esters (lactones) is 2. The molecule has 0 spiro atoms. The van der Waals surface area contributed by atoms with E-state index in [2.05, 4.69) is 11.7 Å². The second kappa shape index (κ2) is 13.3. The molecule has 0 amide bonds. The molecular weight excluding hydrogens is 288 g/mol. The van der Waals surface area contributed by atoms with Crippen LogP contribution < -0.4 is 0 Å². The summed E-state index contributed by atoms with van der Waals surface area (Å²) in [5.41, 5.74) is 0. The lowest BCUT2D eigenvalue weighted by Gasteiger charge is -2.02. The van der Waals surface area contributed by atoms with Crippen LogP contribution in [0.1, 0.15) is 96.8 Å². The molecule has 0 radical (unpaired) electrons. The van der Waals surface area contributed by atoms with Gasteiger partial charge in [0.15, 0.2) is 0 Å². The fourth-order valence-corrected chi connectivity index (χ4v) is 3.00. The number of esters is 2. The molecule has 0 aromatic rings. The van der Waals surface area contributed by atoms with Gasteiger partial charge < -0.3 is 4.74 Å². The third-order valence-electron chi connectivity index (χ3n) is 4.50. The van der Waals surface area contributed by atoms with E-state index in [1.807, 2.05) is 12.2 Å². The standard InChI is InChI=1S/C20H34O3/c1-2-3-4-5-6-7-8-9-10-11-12-13-14-15-16-18-17-19(21)23-20(18)22/h15-16,18H,2-14,17H2,1H3/b16-15-/t18-/m1/s1. The van der Waals surface area contributed by atoms with Crippen LogP contribution in [0, 0.1) is 5.92 Å². The molecular formula is C20H34O3. The first-order valence-corrected chi connectivity index (χ1v) is 9.65. The van der Waals surface area contributed by atoms with E-state index in [4.69, 9.17) is 0 Å². The molecule has 0 bridgehead atoms. The Bertz CT molecular complexity index is 360. The van der Waals surface area contributed by atoms with Crippen LogP contribution in [0.2, 0.25) is 0 Å². The first-order chi connectivity index (χ1) is 11.2. The molecule has 0 aromatic heterocycles. The monoisotopic (exact) mass is 322 g/mol. The number of rotatable bonds is 14. The Morgan fingerprint density at radius 1 is 0.870 bits per heavy atom. The molecule has 1 aliphatic rings. The maximum Gasteiger partial charge on any atom is 0.321 e. The van der Waals surface area contributed by atoms with Crippen LogP contribution >= 0.6 is 0 Å². The Kier molecular flexibility index (Phi) is 11.5. The summed E-state index contributed by atoms with van der Waals surface area (Å²) in [4.78, 5) is 22.2. The summed E-state index contributed by atoms with van der Waals surface area (Å²) in [6.07, 6.45) is 21.3. The van der Waals surface area contributed by atoms with Gasteiger partial charge in [-0.15, -0.1) is 0 Å².